The van der Waals surface area contributed by atoms with Gasteiger partial charge in [0.25, 0.3) is 0 Å². The molecule has 0 spiro atoms. The SMILES string of the molecule is O=C(O)c1ccc(SCC(=O)N2CCc3sccc3C2)o1. The molecule has 0 unspecified atom stereocenters. The van der Waals surface area contributed by atoms with Crippen LogP contribution in [0.15, 0.2) is 33.1 Å². The second kappa shape index (κ2) is 5.95. The van der Waals surface area contributed by atoms with E-state index in [-0.39, 0.29) is 17.4 Å². The summed E-state index contributed by atoms with van der Waals surface area (Å²) in [7, 11) is 0. The fourth-order valence-corrected chi connectivity index (χ4v) is 3.85. The maximum absolute atomic E-state index is 12.2. The van der Waals surface area contributed by atoms with E-state index in [0.29, 0.717) is 11.6 Å². The van der Waals surface area contributed by atoms with E-state index in [1.54, 1.807) is 17.4 Å². The van der Waals surface area contributed by atoms with Crippen molar-refractivity contribution in [3.63, 3.8) is 0 Å². The molecule has 0 atom stereocenters. The predicted molar refractivity (Wildman–Crippen MR) is 79.8 cm³/mol. The number of carbonyl (C=O) groups excluding carboxylic acids is 1. The number of hydrogen-bond donors (Lipinski definition) is 1. The number of hydrogen-bond acceptors (Lipinski definition) is 5. The summed E-state index contributed by atoms with van der Waals surface area (Å²) >= 11 is 2.97. The van der Waals surface area contributed by atoms with E-state index in [2.05, 4.69) is 11.4 Å². The van der Waals surface area contributed by atoms with Crippen molar-refractivity contribution in [3.8, 4) is 0 Å². The Balaban J connectivity index is 1.56. The maximum atomic E-state index is 12.2. The van der Waals surface area contributed by atoms with E-state index in [4.69, 9.17) is 9.52 Å². The fourth-order valence-electron chi connectivity index (χ4n) is 2.20. The number of amides is 1. The van der Waals surface area contributed by atoms with Gasteiger partial charge in [-0.05, 0) is 35.6 Å². The number of fused-ring (bicyclic) bond motifs is 1. The van der Waals surface area contributed by atoms with Gasteiger partial charge in [0.05, 0.1) is 5.75 Å². The zero-order chi connectivity index (χ0) is 14.8. The molecule has 0 radical (unpaired) electrons. The van der Waals surface area contributed by atoms with Gasteiger partial charge in [0, 0.05) is 18.0 Å². The van der Waals surface area contributed by atoms with Crippen molar-refractivity contribution in [1.29, 1.82) is 0 Å². The minimum Gasteiger partial charge on any atom is -0.475 e. The lowest BCUT2D eigenvalue weighted by Gasteiger charge is -2.26. The first kappa shape index (κ1) is 14.2. The van der Waals surface area contributed by atoms with Crippen LogP contribution in [0.1, 0.15) is 21.0 Å². The number of carboxylic acid groups (broad SMARTS) is 1. The van der Waals surface area contributed by atoms with Crippen molar-refractivity contribution in [3.05, 3.63) is 39.8 Å². The van der Waals surface area contributed by atoms with Crippen LogP contribution in [0.5, 0.6) is 0 Å². The summed E-state index contributed by atoms with van der Waals surface area (Å²) < 4.78 is 5.12. The first-order valence-electron chi connectivity index (χ1n) is 6.42. The van der Waals surface area contributed by atoms with Crippen LogP contribution < -0.4 is 0 Å². The lowest BCUT2D eigenvalue weighted by molar-refractivity contribution is -0.129. The van der Waals surface area contributed by atoms with Crippen molar-refractivity contribution in [2.75, 3.05) is 12.3 Å². The van der Waals surface area contributed by atoms with Crippen LogP contribution in [0.2, 0.25) is 0 Å². The molecule has 3 rings (SSSR count). The number of rotatable bonds is 4. The van der Waals surface area contributed by atoms with Crippen LogP contribution in [0.25, 0.3) is 0 Å². The van der Waals surface area contributed by atoms with Crippen molar-refractivity contribution in [1.82, 2.24) is 4.90 Å². The highest BCUT2D eigenvalue weighted by molar-refractivity contribution is 7.99. The molecule has 2 aromatic heterocycles. The van der Waals surface area contributed by atoms with Gasteiger partial charge in [-0.2, -0.15) is 0 Å². The first-order valence-corrected chi connectivity index (χ1v) is 8.29. The molecule has 0 bridgehead atoms. The van der Waals surface area contributed by atoms with E-state index in [0.717, 1.165) is 13.0 Å². The summed E-state index contributed by atoms with van der Waals surface area (Å²) in [6.07, 6.45) is 0.910. The Morgan fingerprint density at radius 2 is 2.24 bits per heavy atom. The number of nitrogens with zero attached hydrogens (tertiary/aromatic N) is 1. The van der Waals surface area contributed by atoms with Gasteiger partial charge < -0.3 is 14.4 Å². The summed E-state index contributed by atoms with van der Waals surface area (Å²) in [5, 5.41) is 11.3. The molecule has 0 saturated carbocycles. The van der Waals surface area contributed by atoms with Gasteiger partial charge in [0.1, 0.15) is 0 Å². The second-order valence-electron chi connectivity index (χ2n) is 4.65. The van der Waals surface area contributed by atoms with Crippen LogP contribution in [0.4, 0.5) is 0 Å². The van der Waals surface area contributed by atoms with Crippen LogP contribution in [-0.2, 0) is 17.8 Å². The second-order valence-corrected chi connectivity index (χ2v) is 6.63. The van der Waals surface area contributed by atoms with Crippen LogP contribution in [-0.4, -0.2) is 34.2 Å². The summed E-state index contributed by atoms with van der Waals surface area (Å²) in [4.78, 5) is 26.1. The molecule has 0 fully saturated rings. The highest BCUT2D eigenvalue weighted by Crippen LogP contribution is 2.26. The molecule has 0 aliphatic carbocycles. The lowest BCUT2D eigenvalue weighted by atomic mass is 10.1. The number of thiophene rings is 1. The van der Waals surface area contributed by atoms with Crippen molar-refractivity contribution in [2.24, 2.45) is 0 Å². The van der Waals surface area contributed by atoms with Gasteiger partial charge in [-0.15, -0.1) is 11.3 Å². The van der Waals surface area contributed by atoms with Crippen molar-refractivity contribution < 1.29 is 19.1 Å². The normalized spacial score (nSPS) is 14.0. The molecule has 5 nitrogen and oxygen atoms in total. The van der Waals surface area contributed by atoms with E-state index in [1.807, 2.05) is 4.90 Å². The zero-order valence-electron chi connectivity index (χ0n) is 11.1. The van der Waals surface area contributed by atoms with Crippen LogP contribution in [0, 0.1) is 0 Å². The van der Waals surface area contributed by atoms with E-state index >= 15 is 0 Å². The molecule has 1 aliphatic rings. The Labute approximate surface area is 129 Å². The topological polar surface area (TPSA) is 70.8 Å². The lowest BCUT2D eigenvalue weighted by Crippen LogP contribution is -2.36. The molecule has 1 aliphatic heterocycles. The third-order valence-corrected chi connectivity index (χ3v) is 5.21. The molecule has 0 saturated heterocycles. The van der Waals surface area contributed by atoms with Crippen molar-refractivity contribution >= 4 is 35.0 Å². The van der Waals surface area contributed by atoms with Gasteiger partial charge in [-0.1, -0.05) is 11.8 Å². The van der Waals surface area contributed by atoms with Gasteiger partial charge in [0.2, 0.25) is 11.7 Å². The molecule has 110 valence electrons. The smallest absolute Gasteiger partial charge is 0.371 e. The Kier molecular flexibility index (Phi) is 4.03. The number of thioether (sulfide) groups is 1. The summed E-state index contributed by atoms with van der Waals surface area (Å²) in [5.41, 5.74) is 1.23. The molecule has 7 heteroatoms. The minimum atomic E-state index is -1.10. The Morgan fingerprint density at radius 1 is 1.38 bits per heavy atom. The molecule has 1 N–H and O–H groups in total. The minimum absolute atomic E-state index is 0.0464. The average molecular weight is 323 g/mol. The molecular weight excluding hydrogens is 310 g/mol. The van der Waals surface area contributed by atoms with Gasteiger partial charge in [-0.25, -0.2) is 4.79 Å². The standard InChI is InChI=1S/C14H13NO4S2/c16-12(8-21-13-2-1-10(19-13)14(17)18)15-5-3-11-9(7-15)4-6-20-11/h1-2,4,6H,3,5,7-8H2,(H,17,18). The average Bonchev–Trinajstić information content (AvgIpc) is 3.12. The quantitative estimate of drug-likeness (QED) is 0.876. The van der Waals surface area contributed by atoms with Crippen molar-refractivity contribution in [2.45, 2.75) is 18.1 Å². The van der Waals surface area contributed by atoms with Crippen LogP contribution in [0.3, 0.4) is 0 Å². The first-order chi connectivity index (χ1) is 10.1. The van der Waals surface area contributed by atoms with E-state index < -0.39 is 5.97 Å². The number of furan rings is 1. The predicted octanol–water partition coefficient (Wildman–Crippen LogP) is 2.72. The molecule has 21 heavy (non-hydrogen) atoms. The highest BCUT2D eigenvalue weighted by Gasteiger charge is 2.21. The number of carbonyl (C=O) groups is 2. The van der Waals surface area contributed by atoms with Gasteiger partial charge in [0.15, 0.2) is 5.09 Å². The summed E-state index contributed by atoms with van der Waals surface area (Å²) in [6.45, 7) is 1.40. The summed E-state index contributed by atoms with van der Waals surface area (Å²) in [6, 6.07) is 5.04. The molecule has 3 heterocycles. The molecule has 0 aromatic carbocycles. The Hall–Kier alpha value is -1.73. The third kappa shape index (κ3) is 3.14. The zero-order valence-corrected chi connectivity index (χ0v) is 12.7. The largest absolute Gasteiger partial charge is 0.475 e. The fraction of sp³-hybridized carbons (Fsp3) is 0.286. The third-order valence-electron chi connectivity index (χ3n) is 3.29. The Morgan fingerprint density at radius 3 is 3.00 bits per heavy atom. The number of aromatic carboxylic acids is 1. The maximum Gasteiger partial charge on any atom is 0.371 e. The molecule has 2 aromatic rings. The van der Waals surface area contributed by atoms with E-state index in [9.17, 15) is 9.59 Å². The molecule has 1 amide bonds. The van der Waals surface area contributed by atoms with Crippen LogP contribution >= 0.6 is 23.1 Å². The van der Waals surface area contributed by atoms with Gasteiger partial charge in [-0.3, -0.25) is 4.79 Å². The summed E-state index contributed by atoms with van der Waals surface area (Å²) in [5.74, 6) is -0.906. The molecular formula is C14H13NO4S2. The number of carboxylic acids is 1. The monoisotopic (exact) mass is 323 g/mol. The highest BCUT2D eigenvalue weighted by atomic mass is 32.2. The Bertz CT molecular complexity index is 676. The van der Waals surface area contributed by atoms with Gasteiger partial charge >= 0.3 is 5.97 Å². The van der Waals surface area contributed by atoms with E-state index in [1.165, 1.54) is 28.3 Å².